The number of carbonyl (C=O) groups excluding carboxylic acids is 1. The van der Waals surface area contributed by atoms with Crippen LogP contribution < -0.4 is 5.32 Å². The van der Waals surface area contributed by atoms with E-state index in [4.69, 9.17) is 0 Å². The molecule has 30 heavy (non-hydrogen) atoms. The number of hydrogen-bond acceptors (Lipinski definition) is 4. The number of benzene rings is 2. The van der Waals surface area contributed by atoms with E-state index in [2.05, 4.69) is 48.8 Å². The first kappa shape index (κ1) is 21.5. The van der Waals surface area contributed by atoms with Gasteiger partial charge >= 0.3 is 0 Å². The van der Waals surface area contributed by atoms with E-state index in [1.807, 2.05) is 42.5 Å². The molecule has 0 atom stereocenters. The lowest BCUT2D eigenvalue weighted by molar-refractivity contribution is 0.0951. The van der Waals surface area contributed by atoms with Gasteiger partial charge in [0.1, 0.15) is 10.8 Å². The van der Waals surface area contributed by atoms with E-state index in [0.29, 0.717) is 22.7 Å². The summed E-state index contributed by atoms with van der Waals surface area (Å²) >= 11 is 7.14. The van der Waals surface area contributed by atoms with E-state index in [9.17, 15) is 9.90 Å². The molecule has 0 fully saturated rings. The second-order valence-corrected chi connectivity index (χ2v) is 10.3. The highest BCUT2D eigenvalue weighted by Crippen LogP contribution is 2.40. The largest absolute Gasteiger partial charge is 0.506 e. The molecule has 1 aromatic heterocycles. The van der Waals surface area contributed by atoms with E-state index in [1.54, 1.807) is 17.6 Å². The first-order chi connectivity index (χ1) is 14.5. The highest BCUT2D eigenvalue weighted by atomic mass is 127. The normalized spacial score (nSPS) is 13.4. The van der Waals surface area contributed by atoms with Gasteiger partial charge in [-0.15, -0.1) is 11.3 Å². The topological polar surface area (TPSA) is 61.7 Å². The lowest BCUT2D eigenvalue weighted by atomic mass is 9.95. The van der Waals surface area contributed by atoms with Gasteiger partial charge in [0.15, 0.2) is 0 Å². The maximum Gasteiger partial charge on any atom is 0.254 e. The monoisotopic (exact) mass is 594 g/mol. The zero-order chi connectivity index (χ0) is 21.1. The third kappa shape index (κ3) is 4.78. The van der Waals surface area contributed by atoms with Crippen LogP contribution >= 0.6 is 49.9 Å². The summed E-state index contributed by atoms with van der Waals surface area (Å²) in [5.74, 6) is 0.109. The molecular weight excluding hydrogens is 575 g/mol. The summed E-state index contributed by atoms with van der Waals surface area (Å²) < 4.78 is 1.62. The van der Waals surface area contributed by atoms with Crippen LogP contribution in [0.3, 0.4) is 0 Å². The van der Waals surface area contributed by atoms with Crippen molar-refractivity contribution in [2.75, 3.05) is 0 Å². The van der Waals surface area contributed by atoms with Crippen LogP contribution in [0.2, 0.25) is 0 Å². The first-order valence-electron chi connectivity index (χ1n) is 9.71. The molecule has 0 unspecified atom stereocenters. The maximum atomic E-state index is 13.1. The molecule has 7 heteroatoms. The number of carbonyl (C=O) groups is 1. The summed E-state index contributed by atoms with van der Waals surface area (Å²) in [4.78, 5) is 19.0. The van der Waals surface area contributed by atoms with E-state index in [0.717, 1.165) is 44.9 Å². The molecule has 0 saturated heterocycles. The molecule has 3 aromatic rings. The van der Waals surface area contributed by atoms with Crippen LogP contribution in [0.4, 0.5) is 5.00 Å². The van der Waals surface area contributed by atoms with Gasteiger partial charge in [0, 0.05) is 27.7 Å². The van der Waals surface area contributed by atoms with Crippen molar-refractivity contribution in [3.63, 3.8) is 0 Å². The third-order valence-corrected chi connectivity index (χ3v) is 7.53. The van der Waals surface area contributed by atoms with Gasteiger partial charge in [-0.25, -0.2) is 4.99 Å². The smallest absolute Gasteiger partial charge is 0.254 e. The minimum atomic E-state index is -0.0848. The van der Waals surface area contributed by atoms with E-state index in [-0.39, 0.29) is 11.7 Å². The van der Waals surface area contributed by atoms with Crippen LogP contribution in [0.15, 0.2) is 51.9 Å². The number of phenols is 1. The van der Waals surface area contributed by atoms with Gasteiger partial charge in [-0.1, -0.05) is 46.3 Å². The molecule has 2 aromatic carbocycles. The van der Waals surface area contributed by atoms with Crippen molar-refractivity contribution in [1.82, 2.24) is 5.32 Å². The molecule has 4 rings (SSSR count). The van der Waals surface area contributed by atoms with E-state index in [1.165, 1.54) is 4.88 Å². The van der Waals surface area contributed by atoms with Crippen LogP contribution in [-0.2, 0) is 19.4 Å². The van der Waals surface area contributed by atoms with Crippen molar-refractivity contribution in [3.8, 4) is 5.75 Å². The van der Waals surface area contributed by atoms with Crippen LogP contribution in [-0.4, -0.2) is 17.2 Å². The van der Waals surface area contributed by atoms with Gasteiger partial charge in [0.25, 0.3) is 5.91 Å². The quantitative estimate of drug-likeness (QED) is 0.266. The lowest BCUT2D eigenvalue weighted by Gasteiger charge is -2.12. The number of phenolic OH excluding ortho intramolecular Hbond substituents is 1. The molecule has 1 aliphatic rings. The van der Waals surface area contributed by atoms with Gasteiger partial charge in [-0.2, -0.15) is 0 Å². The molecule has 0 saturated carbocycles. The molecule has 0 radical (unpaired) electrons. The predicted octanol–water partition coefficient (Wildman–Crippen LogP) is 6.38. The maximum absolute atomic E-state index is 13.1. The van der Waals surface area contributed by atoms with E-state index < -0.39 is 0 Å². The van der Waals surface area contributed by atoms with Crippen molar-refractivity contribution >= 4 is 67.0 Å². The Labute approximate surface area is 201 Å². The summed E-state index contributed by atoms with van der Waals surface area (Å²) in [5, 5.41) is 14.1. The minimum absolute atomic E-state index is 0.0848. The fraction of sp³-hybridized carbons (Fsp3) is 0.217. The number of fused-ring (bicyclic) bond motifs is 1. The summed E-state index contributed by atoms with van der Waals surface area (Å²) in [7, 11) is 0. The molecule has 0 aliphatic heterocycles. The lowest BCUT2D eigenvalue weighted by Crippen LogP contribution is -2.24. The van der Waals surface area contributed by atoms with Crippen molar-refractivity contribution in [1.29, 1.82) is 0 Å². The molecule has 1 heterocycles. The van der Waals surface area contributed by atoms with Gasteiger partial charge in [0.2, 0.25) is 0 Å². The van der Waals surface area contributed by atoms with Gasteiger partial charge in [-0.05, 0) is 71.5 Å². The number of halogens is 2. The Morgan fingerprint density at radius 2 is 2.00 bits per heavy atom. The highest BCUT2D eigenvalue weighted by Gasteiger charge is 2.25. The SMILES string of the molecule is O=C(NCc1ccccc1)c1c(N=Cc2cc(Br)cc(I)c2O)sc2c1CCCC2. The number of aliphatic imine (C=N–C) groups is 1. The van der Waals surface area contributed by atoms with Gasteiger partial charge in [-0.3, -0.25) is 4.79 Å². The number of rotatable bonds is 5. The Bertz CT molecular complexity index is 1110. The molecule has 1 amide bonds. The fourth-order valence-corrected chi connectivity index (χ4v) is 6.34. The van der Waals surface area contributed by atoms with Crippen LogP contribution in [0.1, 0.15) is 44.8 Å². The fourth-order valence-electron chi connectivity index (χ4n) is 3.56. The van der Waals surface area contributed by atoms with Crippen molar-refractivity contribution in [3.05, 3.63) is 77.6 Å². The molecular formula is C23H20BrIN2O2S. The van der Waals surface area contributed by atoms with Crippen molar-refractivity contribution in [2.45, 2.75) is 32.2 Å². The number of aryl methyl sites for hydroxylation is 1. The summed E-state index contributed by atoms with van der Waals surface area (Å²) in [6, 6.07) is 13.6. The molecule has 154 valence electrons. The molecule has 0 spiro atoms. The van der Waals surface area contributed by atoms with Crippen molar-refractivity contribution < 1.29 is 9.90 Å². The Balaban J connectivity index is 1.65. The summed E-state index contributed by atoms with van der Waals surface area (Å²) in [5.41, 5.74) is 3.51. The number of nitrogens with one attached hydrogen (secondary N) is 1. The predicted molar refractivity (Wildman–Crippen MR) is 134 cm³/mol. The number of aromatic hydroxyl groups is 1. The highest BCUT2D eigenvalue weighted by molar-refractivity contribution is 14.1. The Morgan fingerprint density at radius 1 is 1.23 bits per heavy atom. The summed E-state index contributed by atoms with van der Waals surface area (Å²) in [6.45, 7) is 0.484. The molecule has 4 nitrogen and oxygen atoms in total. The third-order valence-electron chi connectivity index (χ3n) is 5.05. The number of amides is 1. The second kappa shape index (κ2) is 9.62. The average Bonchev–Trinajstić information content (AvgIpc) is 3.12. The standard InChI is InChI=1S/C23H20BrIN2O2S/c24-16-10-15(21(28)18(25)11-16)13-27-23-20(17-8-4-5-9-19(17)30-23)22(29)26-12-14-6-2-1-3-7-14/h1-3,6-7,10-11,13,28H,4-5,8-9,12H2,(H,26,29). The Kier molecular flexibility index (Phi) is 6.90. The average molecular weight is 595 g/mol. The Hall–Kier alpha value is -1.71. The Morgan fingerprint density at radius 3 is 2.80 bits per heavy atom. The van der Waals surface area contributed by atoms with E-state index >= 15 is 0 Å². The van der Waals surface area contributed by atoms with Crippen LogP contribution in [0, 0.1) is 3.57 Å². The second-order valence-electron chi connectivity index (χ2n) is 7.14. The zero-order valence-corrected chi connectivity index (χ0v) is 20.7. The number of nitrogens with zero attached hydrogens (tertiary/aromatic N) is 1. The van der Waals surface area contributed by atoms with Crippen LogP contribution in [0.5, 0.6) is 5.75 Å². The zero-order valence-electron chi connectivity index (χ0n) is 16.1. The van der Waals surface area contributed by atoms with Crippen molar-refractivity contribution in [2.24, 2.45) is 4.99 Å². The molecule has 0 bridgehead atoms. The van der Waals surface area contributed by atoms with Gasteiger partial charge < -0.3 is 10.4 Å². The molecule has 1 aliphatic carbocycles. The number of hydrogen-bond donors (Lipinski definition) is 2. The van der Waals surface area contributed by atoms with Gasteiger partial charge in [0.05, 0.1) is 9.13 Å². The first-order valence-corrected chi connectivity index (χ1v) is 12.4. The minimum Gasteiger partial charge on any atom is -0.506 e. The van der Waals surface area contributed by atoms with Crippen LogP contribution in [0.25, 0.3) is 0 Å². The summed E-state index contributed by atoms with van der Waals surface area (Å²) in [6.07, 6.45) is 5.79. The number of thiophene rings is 1. The molecule has 2 N–H and O–H groups in total.